The van der Waals surface area contributed by atoms with Gasteiger partial charge in [0.1, 0.15) is 5.76 Å². The Balaban J connectivity index is 1.78. The summed E-state index contributed by atoms with van der Waals surface area (Å²) in [5.41, 5.74) is 2.70. The van der Waals surface area contributed by atoms with E-state index in [4.69, 9.17) is 4.52 Å². The van der Waals surface area contributed by atoms with Gasteiger partial charge in [-0.05, 0) is 39.2 Å². The first-order valence-electron chi connectivity index (χ1n) is 7.91. The van der Waals surface area contributed by atoms with Crippen LogP contribution < -0.4 is 5.32 Å². The third-order valence-electron chi connectivity index (χ3n) is 3.95. The van der Waals surface area contributed by atoms with Crippen LogP contribution in [-0.4, -0.2) is 22.2 Å². The molecular formula is C18H24N2O3. The molecule has 2 aromatic rings. The molecule has 2 atom stereocenters. The first-order valence-corrected chi connectivity index (χ1v) is 7.91. The molecule has 0 fully saturated rings. The monoisotopic (exact) mass is 316 g/mol. The summed E-state index contributed by atoms with van der Waals surface area (Å²) in [6, 6.07) is 9.38. The summed E-state index contributed by atoms with van der Waals surface area (Å²) in [7, 11) is 0. The van der Waals surface area contributed by atoms with E-state index in [9.17, 15) is 9.90 Å². The van der Waals surface area contributed by atoms with Crippen molar-refractivity contribution in [2.75, 3.05) is 0 Å². The maximum absolute atomic E-state index is 12.0. The average Bonchev–Trinajstić information content (AvgIpc) is 2.84. The number of aryl methyl sites for hydroxylation is 2. The van der Waals surface area contributed by atoms with Gasteiger partial charge in [-0.15, -0.1) is 0 Å². The molecule has 1 heterocycles. The molecule has 23 heavy (non-hydrogen) atoms. The third kappa shape index (κ3) is 4.93. The number of aromatic nitrogens is 1. The molecule has 2 rings (SSSR count). The predicted molar refractivity (Wildman–Crippen MR) is 87.9 cm³/mol. The molecule has 2 unspecified atom stereocenters. The van der Waals surface area contributed by atoms with Crippen LogP contribution in [0.2, 0.25) is 0 Å². The predicted octanol–water partition coefficient (Wildman–Crippen LogP) is 2.85. The molecule has 0 spiro atoms. The van der Waals surface area contributed by atoms with Crippen molar-refractivity contribution in [2.24, 2.45) is 0 Å². The average molecular weight is 316 g/mol. The minimum atomic E-state index is -0.575. The first-order chi connectivity index (χ1) is 11.0. The first kappa shape index (κ1) is 17.2. The van der Waals surface area contributed by atoms with E-state index in [1.165, 1.54) is 0 Å². The topological polar surface area (TPSA) is 75.4 Å². The molecule has 0 aliphatic rings. The van der Waals surface area contributed by atoms with Crippen molar-refractivity contribution >= 4 is 5.91 Å². The maximum atomic E-state index is 12.0. The van der Waals surface area contributed by atoms with Crippen molar-refractivity contribution in [1.29, 1.82) is 0 Å². The minimum absolute atomic E-state index is 0.0299. The normalized spacial score (nSPS) is 13.6. The van der Waals surface area contributed by atoms with Gasteiger partial charge >= 0.3 is 0 Å². The molecule has 1 aromatic heterocycles. The number of nitrogens with one attached hydrogen (secondary N) is 1. The van der Waals surface area contributed by atoms with Gasteiger partial charge in [0.05, 0.1) is 11.8 Å². The van der Waals surface area contributed by atoms with Gasteiger partial charge in [-0.25, -0.2) is 0 Å². The summed E-state index contributed by atoms with van der Waals surface area (Å²) in [4.78, 5) is 12.0. The number of hydrogen-bond acceptors (Lipinski definition) is 4. The lowest BCUT2D eigenvalue weighted by molar-refractivity contribution is -0.121. The van der Waals surface area contributed by atoms with Gasteiger partial charge in [0.2, 0.25) is 5.91 Å². The number of carbonyl (C=O) groups is 1. The molecule has 0 saturated carbocycles. The zero-order valence-electron chi connectivity index (χ0n) is 13.9. The van der Waals surface area contributed by atoms with Crippen LogP contribution in [0.15, 0.2) is 34.9 Å². The van der Waals surface area contributed by atoms with E-state index < -0.39 is 6.10 Å². The quantitative estimate of drug-likeness (QED) is 0.823. The Hall–Kier alpha value is -2.14. The molecule has 0 aliphatic carbocycles. The Bertz CT molecular complexity index is 617. The number of aliphatic hydroxyl groups is 1. The summed E-state index contributed by atoms with van der Waals surface area (Å²) in [5.74, 6) is 0.737. The number of carbonyl (C=O) groups excluding carboxylic acids is 1. The number of benzene rings is 1. The summed E-state index contributed by atoms with van der Waals surface area (Å²) in [5, 5.41) is 17.0. The van der Waals surface area contributed by atoms with Crippen LogP contribution >= 0.6 is 0 Å². The molecule has 2 N–H and O–H groups in total. The van der Waals surface area contributed by atoms with Crippen molar-refractivity contribution in [3.05, 3.63) is 52.9 Å². The number of amides is 1. The van der Waals surface area contributed by atoms with Gasteiger partial charge < -0.3 is 14.9 Å². The molecule has 0 radical (unpaired) electrons. The smallest absolute Gasteiger partial charge is 0.220 e. The van der Waals surface area contributed by atoms with Crippen LogP contribution in [0, 0.1) is 13.8 Å². The Morgan fingerprint density at radius 1 is 1.30 bits per heavy atom. The standard InChI is InChI=1S/C18H24N2O3/c1-12(11-17(21)15-7-5-4-6-8-15)19-18(22)10-9-16-13(2)20-23-14(16)3/h4-8,12,17,21H,9-11H2,1-3H3,(H,19,22). The highest BCUT2D eigenvalue weighted by Gasteiger charge is 2.15. The Morgan fingerprint density at radius 3 is 2.61 bits per heavy atom. The fraction of sp³-hybridized carbons (Fsp3) is 0.444. The molecule has 1 amide bonds. The van der Waals surface area contributed by atoms with E-state index >= 15 is 0 Å². The van der Waals surface area contributed by atoms with Crippen LogP contribution in [-0.2, 0) is 11.2 Å². The van der Waals surface area contributed by atoms with Gasteiger partial charge in [0.25, 0.3) is 0 Å². The minimum Gasteiger partial charge on any atom is -0.388 e. The summed E-state index contributed by atoms with van der Waals surface area (Å²) >= 11 is 0. The van der Waals surface area contributed by atoms with Crippen molar-refractivity contribution in [2.45, 2.75) is 52.2 Å². The lowest BCUT2D eigenvalue weighted by Crippen LogP contribution is -2.33. The second kappa shape index (κ2) is 7.92. The molecule has 0 saturated heterocycles. The highest BCUT2D eigenvalue weighted by molar-refractivity contribution is 5.76. The summed E-state index contributed by atoms with van der Waals surface area (Å²) in [6.45, 7) is 5.63. The van der Waals surface area contributed by atoms with Crippen LogP contribution in [0.4, 0.5) is 0 Å². The van der Waals surface area contributed by atoms with Crippen molar-refractivity contribution in [1.82, 2.24) is 10.5 Å². The van der Waals surface area contributed by atoms with Gasteiger partial charge in [-0.1, -0.05) is 35.5 Å². The summed E-state index contributed by atoms with van der Waals surface area (Å²) in [6.07, 6.45) is 0.908. The van der Waals surface area contributed by atoms with E-state index in [-0.39, 0.29) is 11.9 Å². The van der Waals surface area contributed by atoms with E-state index in [1.807, 2.05) is 51.1 Å². The van der Waals surface area contributed by atoms with Gasteiger partial charge in [-0.3, -0.25) is 4.79 Å². The van der Waals surface area contributed by atoms with Gasteiger partial charge in [-0.2, -0.15) is 0 Å². The lowest BCUT2D eigenvalue weighted by atomic mass is 10.0. The van der Waals surface area contributed by atoms with E-state index in [1.54, 1.807) is 0 Å². The zero-order valence-corrected chi connectivity index (χ0v) is 13.9. The van der Waals surface area contributed by atoms with E-state index in [0.717, 1.165) is 22.6 Å². The number of nitrogens with zero attached hydrogens (tertiary/aromatic N) is 1. The molecule has 5 heteroatoms. The Morgan fingerprint density at radius 2 is 2.00 bits per heavy atom. The highest BCUT2D eigenvalue weighted by Crippen LogP contribution is 2.18. The number of rotatable bonds is 7. The Kier molecular flexibility index (Phi) is 5.93. The third-order valence-corrected chi connectivity index (χ3v) is 3.95. The zero-order chi connectivity index (χ0) is 16.8. The van der Waals surface area contributed by atoms with E-state index in [2.05, 4.69) is 10.5 Å². The fourth-order valence-electron chi connectivity index (χ4n) is 2.65. The second-order valence-corrected chi connectivity index (χ2v) is 5.93. The molecule has 124 valence electrons. The highest BCUT2D eigenvalue weighted by atomic mass is 16.5. The molecular weight excluding hydrogens is 292 g/mol. The van der Waals surface area contributed by atoms with Gasteiger partial charge in [0.15, 0.2) is 0 Å². The maximum Gasteiger partial charge on any atom is 0.220 e. The summed E-state index contributed by atoms with van der Waals surface area (Å²) < 4.78 is 5.10. The van der Waals surface area contributed by atoms with Crippen LogP contribution in [0.3, 0.4) is 0 Å². The molecule has 5 nitrogen and oxygen atoms in total. The van der Waals surface area contributed by atoms with Gasteiger partial charge in [0, 0.05) is 18.0 Å². The van der Waals surface area contributed by atoms with Crippen molar-refractivity contribution < 1.29 is 14.4 Å². The number of hydrogen-bond donors (Lipinski definition) is 2. The molecule has 1 aromatic carbocycles. The van der Waals surface area contributed by atoms with Crippen molar-refractivity contribution in [3.8, 4) is 0 Å². The van der Waals surface area contributed by atoms with Crippen LogP contribution in [0.1, 0.15) is 48.5 Å². The fourth-order valence-corrected chi connectivity index (χ4v) is 2.65. The van der Waals surface area contributed by atoms with E-state index in [0.29, 0.717) is 19.3 Å². The van der Waals surface area contributed by atoms with Crippen LogP contribution in [0.25, 0.3) is 0 Å². The number of aliphatic hydroxyl groups excluding tert-OH is 1. The SMILES string of the molecule is Cc1noc(C)c1CCC(=O)NC(C)CC(O)c1ccccc1. The van der Waals surface area contributed by atoms with Crippen LogP contribution in [0.5, 0.6) is 0 Å². The second-order valence-electron chi connectivity index (χ2n) is 5.93. The largest absolute Gasteiger partial charge is 0.388 e. The van der Waals surface area contributed by atoms with Crippen molar-refractivity contribution in [3.63, 3.8) is 0 Å². The Labute approximate surface area is 136 Å². The molecule has 0 aliphatic heterocycles. The molecule has 0 bridgehead atoms. The lowest BCUT2D eigenvalue weighted by Gasteiger charge is -2.18.